The van der Waals surface area contributed by atoms with Gasteiger partial charge in [-0.1, -0.05) is 13.3 Å². The van der Waals surface area contributed by atoms with Crippen LogP contribution in [0.3, 0.4) is 0 Å². The number of rotatable bonds is 8. The van der Waals surface area contributed by atoms with Gasteiger partial charge in [0.25, 0.3) is 0 Å². The van der Waals surface area contributed by atoms with Crippen LogP contribution >= 0.6 is 0 Å². The number of nitrogens with one attached hydrogen (secondary N) is 1. The van der Waals surface area contributed by atoms with Crippen LogP contribution in [0.5, 0.6) is 0 Å². The quantitative estimate of drug-likeness (QED) is 0.309. The molecule has 0 aromatic carbocycles. The summed E-state index contributed by atoms with van der Waals surface area (Å²) in [4.78, 5) is 15.0. The maximum absolute atomic E-state index is 11.2. The third kappa shape index (κ3) is 10.7. The minimum Gasteiger partial charge on any atom is -0.370 e. The summed E-state index contributed by atoms with van der Waals surface area (Å²) in [6, 6.07) is 0. The van der Waals surface area contributed by atoms with Gasteiger partial charge in [-0.3, -0.25) is 9.79 Å². The van der Waals surface area contributed by atoms with Crippen molar-refractivity contribution in [3.05, 3.63) is 0 Å². The summed E-state index contributed by atoms with van der Waals surface area (Å²) in [5.41, 5.74) is 10.3. The second-order valence-electron chi connectivity index (χ2n) is 3.47. The maximum Gasteiger partial charge on any atom is 0.219 e. The van der Waals surface area contributed by atoms with Crippen LogP contribution in [0, 0.1) is 0 Å². The fourth-order valence-electron chi connectivity index (χ4n) is 1.10. The summed E-state index contributed by atoms with van der Waals surface area (Å²) >= 11 is 0. The van der Waals surface area contributed by atoms with E-state index in [0.29, 0.717) is 19.5 Å². The molecule has 5 nitrogen and oxygen atoms in total. The van der Waals surface area contributed by atoms with Crippen molar-refractivity contribution in [1.29, 1.82) is 0 Å². The van der Waals surface area contributed by atoms with E-state index in [1.807, 2.05) is 0 Å². The fraction of sp³-hybridized carbons (Fsp3) is 0.800. The maximum atomic E-state index is 11.2. The molecule has 0 aliphatic heterocycles. The van der Waals surface area contributed by atoms with E-state index >= 15 is 0 Å². The highest BCUT2D eigenvalue weighted by Gasteiger charge is 1.98. The third-order valence-electron chi connectivity index (χ3n) is 1.96. The van der Waals surface area contributed by atoms with E-state index in [1.165, 1.54) is 0 Å². The number of carbonyl (C=O) groups excluding carboxylic acids is 1. The Balaban J connectivity index is 3.23. The van der Waals surface area contributed by atoms with Crippen molar-refractivity contribution < 1.29 is 4.79 Å². The van der Waals surface area contributed by atoms with Gasteiger partial charge >= 0.3 is 0 Å². The molecule has 0 atom stereocenters. The van der Waals surface area contributed by atoms with Crippen molar-refractivity contribution in [2.45, 2.75) is 39.0 Å². The van der Waals surface area contributed by atoms with Gasteiger partial charge in [-0.25, -0.2) is 0 Å². The van der Waals surface area contributed by atoms with E-state index in [4.69, 9.17) is 11.5 Å². The monoisotopic (exact) mass is 214 g/mol. The zero-order valence-electron chi connectivity index (χ0n) is 9.46. The molecule has 0 saturated carbocycles. The van der Waals surface area contributed by atoms with Crippen molar-refractivity contribution >= 4 is 11.9 Å². The van der Waals surface area contributed by atoms with Gasteiger partial charge in [-0.2, -0.15) is 0 Å². The molecular weight excluding hydrogens is 192 g/mol. The molecule has 0 aliphatic rings. The molecule has 0 aromatic heterocycles. The van der Waals surface area contributed by atoms with Crippen LogP contribution in [0.1, 0.15) is 39.0 Å². The Morgan fingerprint density at radius 1 is 1.27 bits per heavy atom. The van der Waals surface area contributed by atoms with Crippen molar-refractivity contribution in [2.75, 3.05) is 13.1 Å². The van der Waals surface area contributed by atoms with Crippen LogP contribution in [0.25, 0.3) is 0 Å². The highest BCUT2D eigenvalue weighted by atomic mass is 16.1. The summed E-state index contributed by atoms with van der Waals surface area (Å²) in [6.07, 6.45) is 4.45. The number of hydrogen-bond acceptors (Lipinski definition) is 2. The van der Waals surface area contributed by atoms with Crippen molar-refractivity contribution in [3.8, 4) is 0 Å². The van der Waals surface area contributed by atoms with Crippen LogP contribution in [0.15, 0.2) is 4.99 Å². The first-order valence-electron chi connectivity index (χ1n) is 5.49. The minimum atomic E-state index is 0.127. The van der Waals surface area contributed by atoms with Gasteiger partial charge in [0.15, 0.2) is 5.96 Å². The Morgan fingerprint density at radius 3 is 2.60 bits per heavy atom. The average molecular weight is 214 g/mol. The zero-order chi connectivity index (χ0) is 11.5. The molecular formula is C10H22N4O. The first-order valence-corrected chi connectivity index (χ1v) is 5.49. The van der Waals surface area contributed by atoms with Crippen LogP contribution in [-0.2, 0) is 4.79 Å². The third-order valence-corrected chi connectivity index (χ3v) is 1.96. The molecule has 0 aromatic rings. The number of hydrogen-bond donors (Lipinski definition) is 3. The Hall–Kier alpha value is -1.26. The number of unbranched alkanes of at least 4 members (excludes halogenated alkanes) is 2. The van der Waals surface area contributed by atoms with E-state index in [0.717, 1.165) is 25.7 Å². The van der Waals surface area contributed by atoms with Gasteiger partial charge in [0.05, 0.1) is 0 Å². The topological polar surface area (TPSA) is 93.5 Å². The second kappa shape index (κ2) is 9.30. The average Bonchev–Trinajstić information content (AvgIpc) is 2.19. The summed E-state index contributed by atoms with van der Waals surface area (Å²) < 4.78 is 0. The first kappa shape index (κ1) is 13.7. The molecule has 0 aliphatic carbocycles. The Labute approximate surface area is 91.3 Å². The Bertz CT molecular complexity index is 200. The van der Waals surface area contributed by atoms with Crippen LogP contribution < -0.4 is 16.8 Å². The van der Waals surface area contributed by atoms with Gasteiger partial charge in [-0.15, -0.1) is 0 Å². The Morgan fingerprint density at radius 2 is 2.00 bits per heavy atom. The molecule has 0 fully saturated rings. The highest BCUT2D eigenvalue weighted by molar-refractivity contribution is 5.76. The lowest BCUT2D eigenvalue weighted by atomic mass is 10.2. The molecule has 0 bridgehead atoms. The second-order valence-corrected chi connectivity index (χ2v) is 3.47. The number of carbonyl (C=O) groups is 1. The van der Waals surface area contributed by atoms with Gasteiger partial charge in [0.2, 0.25) is 5.91 Å². The largest absolute Gasteiger partial charge is 0.370 e. The number of nitrogens with two attached hydrogens (primary N) is 2. The molecule has 1 amide bonds. The summed E-state index contributed by atoms with van der Waals surface area (Å²) in [5.74, 6) is 0.265. The number of nitrogens with zero attached hydrogens (tertiary/aromatic N) is 1. The lowest BCUT2D eigenvalue weighted by molar-refractivity contribution is -0.121. The van der Waals surface area contributed by atoms with E-state index in [2.05, 4.69) is 17.2 Å². The molecule has 0 spiro atoms. The normalized spacial score (nSPS) is 9.67. The van der Waals surface area contributed by atoms with E-state index in [1.54, 1.807) is 0 Å². The minimum absolute atomic E-state index is 0.127. The lowest BCUT2D eigenvalue weighted by Crippen LogP contribution is -2.24. The zero-order valence-corrected chi connectivity index (χ0v) is 9.46. The van der Waals surface area contributed by atoms with Gasteiger partial charge in [0.1, 0.15) is 0 Å². The van der Waals surface area contributed by atoms with Crippen molar-refractivity contribution in [3.63, 3.8) is 0 Å². The molecule has 5 heteroatoms. The SMILES string of the molecule is CCCCC(=O)NCCCCN=C(N)N. The predicted octanol–water partition coefficient (Wildman–Crippen LogP) is 0.346. The molecule has 0 saturated heterocycles. The van der Waals surface area contributed by atoms with E-state index < -0.39 is 0 Å². The smallest absolute Gasteiger partial charge is 0.219 e. The molecule has 5 N–H and O–H groups in total. The van der Waals surface area contributed by atoms with Crippen molar-refractivity contribution in [1.82, 2.24) is 5.32 Å². The van der Waals surface area contributed by atoms with Crippen LogP contribution in [-0.4, -0.2) is 25.0 Å². The standard InChI is InChI=1S/C10H22N4O/c1-2-3-6-9(15)13-7-4-5-8-14-10(11)12/h2-8H2,1H3,(H,13,15)(H4,11,12,14). The van der Waals surface area contributed by atoms with Crippen LogP contribution in [0.4, 0.5) is 0 Å². The number of guanidine groups is 1. The number of aliphatic imine (C=N–C) groups is 1. The first-order chi connectivity index (χ1) is 7.16. The van der Waals surface area contributed by atoms with Crippen molar-refractivity contribution in [2.24, 2.45) is 16.5 Å². The van der Waals surface area contributed by atoms with Gasteiger partial charge < -0.3 is 16.8 Å². The van der Waals surface area contributed by atoms with E-state index in [9.17, 15) is 4.79 Å². The van der Waals surface area contributed by atoms with Gasteiger partial charge in [0, 0.05) is 19.5 Å². The fourth-order valence-corrected chi connectivity index (χ4v) is 1.10. The molecule has 0 heterocycles. The Kier molecular flexibility index (Phi) is 8.52. The highest BCUT2D eigenvalue weighted by Crippen LogP contribution is 1.93. The van der Waals surface area contributed by atoms with E-state index in [-0.39, 0.29) is 11.9 Å². The summed E-state index contributed by atoms with van der Waals surface area (Å²) in [5, 5.41) is 2.86. The molecule has 0 rings (SSSR count). The molecule has 0 unspecified atom stereocenters. The summed E-state index contributed by atoms with van der Waals surface area (Å²) in [6.45, 7) is 3.41. The number of amides is 1. The lowest BCUT2D eigenvalue weighted by Gasteiger charge is -2.03. The molecule has 88 valence electrons. The molecule has 15 heavy (non-hydrogen) atoms. The summed E-state index contributed by atoms with van der Waals surface area (Å²) in [7, 11) is 0. The van der Waals surface area contributed by atoms with Crippen LogP contribution in [0.2, 0.25) is 0 Å². The molecule has 0 radical (unpaired) electrons. The predicted molar refractivity (Wildman–Crippen MR) is 62.4 cm³/mol. The van der Waals surface area contributed by atoms with Gasteiger partial charge in [-0.05, 0) is 19.3 Å².